The van der Waals surface area contributed by atoms with Gasteiger partial charge in [0.1, 0.15) is 6.10 Å². The number of rotatable bonds is 3. The fraction of sp³-hybridized carbons (Fsp3) is 0.556. The van der Waals surface area contributed by atoms with Crippen molar-refractivity contribution in [3.8, 4) is 0 Å². The van der Waals surface area contributed by atoms with Crippen LogP contribution >= 0.6 is 0 Å². The molecule has 0 aliphatic heterocycles. The van der Waals surface area contributed by atoms with Crippen LogP contribution in [0, 0.1) is 11.3 Å². The van der Waals surface area contributed by atoms with Crippen molar-refractivity contribution < 1.29 is 14.3 Å². The maximum atomic E-state index is 12.5. The van der Waals surface area contributed by atoms with E-state index in [2.05, 4.69) is 26.1 Å². The SMILES string of the molecule is CC(=O)Nc1ccccc1C(=O)OC1CC(C)CC(C)(C)C1. The standard InChI is InChI=1S/C18H25NO3/c1-12-9-14(11-18(3,4)10-12)22-17(21)15-7-5-6-8-16(15)19-13(2)20/h5-8,12,14H,9-11H2,1-4H3,(H,19,20). The molecule has 0 saturated heterocycles. The Balaban J connectivity index is 2.11. The predicted molar refractivity (Wildman–Crippen MR) is 86.7 cm³/mol. The Morgan fingerprint density at radius 3 is 2.55 bits per heavy atom. The van der Waals surface area contributed by atoms with E-state index >= 15 is 0 Å². The first-order valence-corrected chi connectivity index (χ1v) is 7.84. The molecule has 120 valence electrons. The Kier molecular flexibility index (Phi) is 4.89. The number of hydrogen-bond acceptors (Lipinski definition) is 3. The molecule has 1 fully saturated rings. The Morgan fingerprint density at radius 1 is 1.23 bits per heavy atom. The number of amides is 1. The van der Waals surface area contributed by atoms with E-state index in [1.165, 1.54) is 6.92 Å². The van der Waals surface area contributed by atoms with Gasteiger partial charge >= 0.3 is 5.97 Å². The van der Waals surface area contributed by atoms with Gasteiger partial charge in [-0.15, -0.1) is 0 Å². The van der Waals surface area contributed by atoms with E-state index in [0.29, 0.717) is 17.2 Å². The molecule has 2 unspecified atom stereocenters. The second-order valence-electron chi connectivity index (χ2n) is 7.17. The molecule has 2 rings (SSSR count). The van der Waals surface area contributed by atoms with Gasteiger partial charge in [0.15, 0.2) is 0 Å². The lowest BCUT2D eigenvalue weighted by molar-refractivity contribution is -0.114. The summed E-state index contributed by atoms with van der Waals surface area (Å²) in [6.07, 6.45) is 2.88. The Labute approximate surface area is 132 Å². The smallest absolute Gasteiger partial charge is 0.340 e. The van der Waals surface area contributed by atoms with Gasteiger partial charge in [-0.1, -0.05) is 32.9 Å². The zero-order valence-electron chi connectivity index (χ0n) is 13.8. The summed E-state index contributed by atoms with van der Waals surface area (Å²) in [5.41, 5.74) is 1.11. The molecule has 0 heterocycles. The van der Waals surface area contributed by atoms with Crippen LogP contribution < -0.4 is 5.32 Å². The lowest BCUT2D eigenvalue weighted by Crippen LogP contribution is -2.34. The van der Waals surface area contributed by atoms with Gasteiger partial charge in [0, 0.05) is 6.92 Å². The highest BCUT2D eigenvalue weighted by Gasteiger charge is 2.34. The molecule has 0 aromatic heterocycles. The minimum absolute atomic E-state index is 0.0587. The number of ether oxygens (including phenoxy) is 1. The third-order valence-electron chi connectivity index (χ3n) is 4.08. The molecule has 2 atom stereocenters. The van der Waals surface area contributed by atoms with Crippen molar-refractivity contribution in [1.82, 2.24) is 0 Å². The van der Waals surface area contributed by atoms with Crippen molar-refractivity contribution in [2.45, 2.75) is 53.1 Å². The van der Waals surface area contributed by atoms with E-state index in [-0.39, 0.29) is 23.4 Å². The van der Waals surface area contributed by atoms with Crippen molar-refractivity contribution in [3.05, 3.63) is 29.8 Å². The molecular formula is C18H25NO3. The summed E-state index contributed by atoms with van der Waals surface area (Å²) >= 11 is 0. The molecule has 0 spiro atoms. The quantitative estimate of drug-likeness (QED) is 0.858. The second-order valence-corrected chi connectivity index (χ2v) is 7.17. The van der Waals surface area contributed by atoms with E-state index in [1.54, 1.807) is 24.3 Å². The predicted octanol–water partition coefficient (Wildman–Crippen LogP) is 4.02. The molecule has 0 radical (unpaired) electrons. The van der Waals surface area contributed by atoms with Crippen LogP contribution in [0.25, 0.3) is 0 Å². The largest absolute Gasteiger partial charge is 0.459 e. The fourth-order valence-electron chi connectivity index (χ4n) is 3.52. The van der Waals surface area contributed by atoms with Crippen LogP contribution in [0.5, 0.6) is 0 Å². The molecule has 1 aliphatic carbocycles. The van der Waals surface area contributed by atoms with Crippen molar-refractivity contribution >= 4 is 17.6 Å². The summed E-state index contributed by atoms with van der Waals surface area (Å²) in [4.78, 5) is 23.7. The summed E-state index contributed by atoms with van der Waals surface area (Å²) < 4.78 is 5.72. The summed E-state index contributed by atoms with van der Waals surface area (Å²) in [5.74, 6) is -0.0148. The van der Waals surface area contributed by atoms with E-state index in [1.807, 2.05) is 0 Å². The summed E-state index contributed by atoms with van der Waals surface area (Å²) in [7, 11) is 0. The van der Waals surface area contributed by atoms with E-state index in [9.17, 15) is 9.59 Å². The molecule has 1 amide bonds. The van der Waals surface area contributed by atoms with Gasteiger partial charge in [-0.25, -0.2) is 4.79 Å². The van der Waals surface area contributed by atoms with Crippen LogP contribution in [-0.4, -0.2) is 18.0 Å². The van der Waals surface area contributed by atoms with Crippen LogP contribution in [0.3, 0.4) is 0 Å². The summed E-state index contributed by atoms with van der Waals surface area (Å²) in [6.45, 7) is 8.06. The van der Waals surface area contributed by atoms with E-state index in [4.69, 9.17) is 4.74 Å². The number of esters is 1. The molecule has 22 heavy (non-hydrogen) atoms. The highest BCUT2D eigenvalue weighted by atomic mass is 16.5. The summed E-state index contributed by atoms with van der Waals surface area (Å²) in [5, 5.41) is 2.68. The van der Waals surface area contributed by atoms with Crippen molar-refractivity contribution in [2.24, 2.45) is 11.3 Å². The molecule has 0 bridgehead atoms. The van der Waals surface area contributed by atoms with Crippen molar-refractivity contribution in [1.29, 1.82) is 0 Å². The highest BCUT2D eigenvalue weighted by molar-refractivity contribution is 6.00. The van der Waals surface area contributed by atoms with Crippen LogP contribution in [-0.2, 0) is 9.53 Å². The highest BCUT2D eigenvalue weighted by Crippen LogP contribution is 2.40. The normalized spacial score (nSPS) is 23.6. The molecule has 1 aliphatic rings. The van der Waals surface area contributed by atoms with Gasteiger partial charge in [-0.05, 0) is 42.7 Å². The first-order valence-electron chi connectivity index (χ1n) is 7.84. The Morgan fingerprint density at radius 2 is 1.91 bits per heavy atom. The first kappa shape index (κ1) is 16.5. The zero-order valence-corrected chi connectivity index (χ0v) is 13.8. The molecule has 4 nitrogen and oxygen atoms in total. The zero-order chi connectivity index (χ0) is 16.3. The van der Waals surface area contributed by atoms with Gasteiger partial charge in [0.2, 0.25) is 5.91 Å². The minimum atomic E-state index is -0.362. The monoisotopic (exact) mass is 303 g/mol. The number of carbonyl (C=O) groups excluding carboxylic acids is 2. The second kappa shape index (κ2) is 6.51. The topological polar surface area (TPSA) is 55.4 Å². The lowest BCUT2D eigenvalue weighted by Gasteiger charge is -2.38. The third-order valence-corrected chi connectivity index (χ3v) is 4.08. The minimum Gasteiger partial charge on any atom is -0.459 e. The van der Waals surface area contributed by atoms with Gasteiger partial charge in [-0.3, -0.25) is 4.79 Å². The maximum Gasteiger partial charge on any atom is 0.340 e. The Hall–Kier alpha value is -1.84. The Bertz CT molecular complexity index is 565. The number of para-hydroxylation sites is 1. The molecule has 1 saturated carbocycles. The molecule has 1 N–H and O–H groups in total. The van der Waals surface area contributed by atoms with E-state index in [0.717, 1.165) is 19.3 Å². The van der Waals surface area contributed by atoms with Crippen LogP contribution in [0.15, 0.2) is 24.3 Å². The molecule has 1 aromatic rings. The maximum absolute atomic E-state index is 12.5. The third kappa shape index (κ3) is 4.33. The van der Waals surface area contributed by atoms with Crippen molar-refractivity contribution in [2.75, 3.05) is 5.32 Å². The van der Waals surface area contributed by atoms with Crippen LogP contribution in [0.1, 0.15) is 57.3 Å². The number of nitrogens with one attached hydrogen (secondary N) is 1. The summed E-state index contributed by atoms with van der Waals surface area (Å²) in [6, 6.07) is 6.96. The molecule has 1 aromatic carbocycles. The van der Waals surface area contributed by atoms with Gasteiger partial charge < -0.3 is 10.1 Å². The van der Waals surface area contributed by atoms with Crippen molar-refractivity contribution in [3.63, 3.8) is 0 Å². The van der Waals surface area contributed by atoms with Crippen LogP contribution in [0.2, 0.25) is 0 Å². The number of carbonyl (C=O) groups is 2. The van der Waals surface area contributed by atoms with Gasteiger partial charge in [0.05, 0.1) is 11.3 Å². The first-order chi connectivity index (χ1) is 10.3. The van der Waals surface area contributed by atoms with E-state index < -0.39 is 0 Å². The van der Waals surface area contributed by atoms with Gasteiger partial charge in [-0.2, -0.15) is 0 Å². The fourth-order valence-corrected chi connectivity index (χ4v) is 3.52. The average Bonchev–Trinajstić information content (AvgIpc) is 2.35. The van der Waals surface area contributed by atoms with Crippen LogP contribution in [0.4, 0.5) is 5.69 Å². The number of benzene rings is 1. The average molecular weight is 303 g/mol. The van der Waals surface area contributed by atoms with Gasteiger partial charge in [0.25, 0.3) is 0 Å². The molecular weight excluding hydrogens is 278 g/mol. The molecule has 4 heteroatoms. The number of hydrogen-bond donors (Lipinski definition) is 1. The lowest BCUT2D eigenvalue weighted by atomic mass is 9.71. The number of anilines is 1.